The molecule has 0 aliphatic carbocycles. The average Bonchev–Trinajstić information content (AvgIpc) is 2.25. The van der Waals surface area contributed by atoms with Crippen LogP contribution in [-0.2, 0) is 14.9 Å². The second-order valence-corrected chi connectivity index (χ2v) is 6.05. The summed E-state index contributed by atoms with van der Waals surface area (Å²) in [5.41, 5.74) is -1.91. The molecule has 0 saturated carbocycles. The summed E-state index contributed by atoms with van der Waals surface area (Å²) in [6.07, 6.45) is -8.92. The maximum absolute atomic E-state index is 12.7. The molecule has 1 rings (SSSR count). The molecule has 0 atom stereocenters. The third-order valence-corrected chi connectivity index (χ3v) is 3.44. The van der Waals surface area contributed by atoms with Crippen LogP contribution in [0.1, 0.15) is 17.8 Å². The number of rotatable bonds is 4. The first-order chi connectivity index (χ1) is 8.95. The molecule has 0 saturated heterocycles. The van der Waals surface area contributed by atoms with Gasteiger partial charge in [0.05, 0.1) is 11.6 Å². The first kappa shape index (κ1) is 17.2. The topological polar surface area (TPSA) is 56.3 Å². The molecule has 0 N–H and O–H groups in total. The Labute approximate surface area is 118 Å². The minimum atomic E-state index is -5.40. The summed E-state index contributed by atoms with van der Waals surface area (Å²) in [4.78, 5) is 1.84. The fourth-order valence-electron chi connectivity index (χ4n) is 1.20. The lowest BCUT2D eigenvalue weighted by Crippen LogP contribution is -2.20. The number of hydrogen-bond donors (Lipinski definition) is 0. The number of nitrogens with zero attached hydrogens (tertiary/aromatic N) is 1. The SMILES string of the molecule is O=S(=O)(Cl)c1cc(CCl)nc(C(F)F)c1OC(F)(F)F. The summed E-state index contributed by atoms with van der Waals surface area (Å²) in [6.45, 7) is 0. The van der Waals surface area contributed by atoms with E-state index in [2.05, 4.69) is 9.72 Å². The van der Waals surface area contributed by atoms with Gasteiger partial charge < -0.3 is 4.74 Å². The predicted octanol–water partition coefficient (Wildman–Crippen LogP) is 3.58. The van der Waals surface area contributed by atoms with Crippen molar-refractivity contribution in [3.05, 3.63) is 17.5 Å². The Hall–Kier alpha value is -0.870. The number of hydrogen-bond acceptors (Lipinski definition) is 4. The Morgan fingerprint density at radius 1 is 1.35 bits per heavy atom. The van der Waals surface area contributed by atoms with Gasteiger partial charge >= 0.3 is 6.36 Å². The van der Waals surface area contributed by atoms with Gasteiger partial charge in [0.15, 0.2) is 11.4 Å². The molecule has 1 aromatic rings. The van der Waals surface area contributed by atoms with E-state index in [1.54, 1.807) is 0 Å². The highest BCUT2D eigenvalue weighted by molar-refractivity contribution is 8.13. The third kappa shape index (κ3) is 4.32. The van der Waals surface area contributed by atoms with Gasteiger partial charge in [0.1, 0.15) is 4.90 Å². The lowest BCUT2D eigenvalue weighted by atomic mass is 10.3. The zero-order valence-electron chi connectivity index (χ0n) is 9.09. The molecule has 12 heteroatoms. The molecule has 114 valence electrons. The van der Waals surface area contributed by atoms with Crippen LogP contribution < -0.4 is 4.74 Å². The van der Waals surface area contributed by atoms with Crippen LogP contribution >= 0.6 is 22.3 Å². The van der Waals surface area contributed by atoms with Gasteiger partial charge in [-0.2, -0.15) is 0 Å². The van der Waals surface area contributed by atoms with Crippen LogP contribution in [0.3, 0.4) is 0 Å². The Morgan fingerprint density at radius 2 is 1.90 bits per heavy atom. The number of pyridine rings is 1. The highest BCUT2D eigenvalue weighted by Gasteiger charge is 2.37. The third-order valence-electron chi connectivity index (χ3n) is 1.84. The molecule has 0 amide bonds. The van der Waals surface area contributed by atoms with Crippen molar-refractivity contribution in [2.24, 2.45) is 0 Å². The summed E-state index contributed by atoms with van der Waals surface area (Å²) in [6, 6.07) is 0.530. The largest absolute Gasteiger partial charge is 0.573 e. The van der Waals surface area contributed by atoms with Crippen LogP contribution in [0, 0.1) is 0 Å². The molecule has 0 unspecified atom stereocenters. The summed E-state index contributed by atoms with van der Waals surface area (Å²) in [5, 5.41) is 0. The molecule has 20 heavy (non-hydrogen) atoms. The summed E-state index contributed by atoms with van der Waals surface area (Å²) >= 11 is 5.30. The summed E-state index contributed by atoms with van der Waals surface area (Å²) in [7, 11) is 0.128. The number of aromatic nitrogens is 1. The Bertz CT molecular complexity index is 605. The second-order valence-electron chi connectivity index (χ2n) is 3.25. The molecule has 0 aliphatic rings. The van der Waals surface area contributed by atoms with Crippen molar-refractivity contribution < 1.29 is 35.1 Å². The molecule has 0 bridgehead atoms. The van der Waals surface area contributed by atoms with E-state index in [1.807, 2.05) is 0 Å². The van der Waals surface area contributed by atoms with Gasteiger partial charge in [-0.1, -0.05) is 0 Å². The average molecular weight is 360 g/mol. The molecule has 0 spiro atoms. The summed E-state index contributed by atoms with van der Waals surface area (Å²) < 4.78 is 87.6. The molecule has 0 fully saturated rings. The maximum Gasteiger partial charge on any atom is 0.573 e. The first-order valence-corrected chi connectivity index (χ1v) is 7.38. The molecule has 0 aromatic carbocycles. The highest BCUT2D eigenvalue weighted by atomic mass is 35.7. The smallest absolute Gasteiger partial charge is 0.402 e. The van der Waals surface area contributed by atoms with E-state index in [0.717, 1.165) is 0 Å². The normalized spacial score (nSPS) is 12.8. The minimum Gasteiger partial charge on any atom is -0.402 e. The first-order valence-electron chi connectivity index (χ1n) is 4.54. The highest BCUT2D eigenvalue weighted by Crippen LogP contribution is 2.38. The molecule has 1 aromatic heterocycles. The molecule has 4 nitrogen and oxygen atoms in total. The van der Waals surface area contributed by atoms with Gasteiger partial charge in [-0.3, -0.25) is 0 Å². The van der Waals surface area contributed by atoms with E-state index in [4.69, 9.17) is 22.3 Å². The van der Waals surface area contributed by atoms with Crippen molar-refractivity contribution in [3.63, 3.8) is 0 Å². The number of halogens is 7. The van der Waals surface area contributed by atoms with Crippen LogP contribution in [0.15, 0.2) is 11.0 Å². The van der Waals surface area contributed by atoms with E-state index in [1.165, 1.54) is 0 Å². The monoisotopic (exact) mass is 359 g/mol. The van der Waals surface area contributed by atoms with E-state index >= 15 is 0 Å². The van der Waals surface area contributed by atoms with E-state index < -0.39 is 49.8 Å². The van der Waals surface area contributed by atoms with Gasteiger partial charge in [0, 0.05) is 10.7 Å². The van der Waals surface area contributed by atoms with Crippen LogP contribution in [0.25, 0.3) is 0 Å². The molecular weight excluding hydrogens is 356 g/mol. The zero-order chi connectivity index (χ0) is 15.7. The van der Waals surface area contributed by atoms with Crippen molar-refractivity contribution in [3.8, 4) is 5.75 Å². The van der Waals surface area contributed by atoms with Crippen molar-refractivity contribution in [1.82, 2.24) is 4.98 Å². The Balaban J connectivity index is 3.65. The maximum atomic E-state index is 12.7. The second kappa shape index (κ2) is 5.86. The van der Waals surface area contributed by atoms with Crippen LogP contribution in [0.4, 0.5) is 22.0 Å². The molecular formula is C8H4Cl2F5NO3S. The van der Waals surface area contributed by atoms with E-state index in [-0.39, 0.29) is 0 Å². The van der Waals surface area contributed by atoms with E-state index in [9.17, 15) is 30.4 Å². The van der Waals surface area contributed by atoms with Crippen molar-refractivity contribution in [1.29, 1.82) is 0 Å². The zero-order valence-corrected chi connectivity index (χ0v) is 11.4. The van der Waals surface area contributed by atoms with Crippen LogP contribution in [0.2, 0.25) is 0 Å². The standard InChI is InChI=1S/C8H4Cl2F5NO3S/c9-2-3-1-4(20(10,17)18)6(19-8(13,14)15)5(16-3)7(11)12/h1,7H,2H2. The lowest BCUT2D eigenvalue weighted by Gasteiger charge is -2.15. The van der Waals surface area contributed by atoms with Gasteiger partial charge in [-0.05, 0) is 6.07 Å². The van der Waals surface area contributed by atoms with E-state index in [0.29, 0.717) is 6.07 Å². The minimum absolute atomic E-state index is 0.393. The van der Waals surface area contributed by atoms with Crippen molar-refractivity contribution >= 4 is 31.3 Å². The fourth-order valence-corrected chi connectivity index (χ4v) is 2.32. The van der Waals surface area contributed by atoms with Crippen LogP contribution in [-0.4, -0.2) is 19.8 Å². The predicted molar refractivity (Wildman–Crippen MR) is 58.5 cm³/mol. The van der Waals surface area contributed by atoms with Gasteiger partial charge in [0.2, 0.25) is 0 Å². The summed E-state index contributed by atoms with van der Waals surface area (Å²) in [5.74, 6) is -2.18. The van der Waals surface area contributed by atoms with Gasteiger partial charge in [-0.15, -0.1) is 24.8 Å². The van der Waals surface area contributed by atoms with Crippen molar-refractivity contribution in [2.45, 2.75) is 23.6 Å². The molecule has 0 aliphatic heterocycles. The van der Waals surface area contributed by atoms with Gasteiger partial charge in [-0.25, -0.2) is 22.2 Å². The Kier molecular flexibility index (Phi) is 5.03. The van der Waals surface area contributed by atoms with Gasteiger partial charge in [0.25, 0.3) is 15.5 Å². The van der Waals surface area contributed by atoms with Crippen LogP contribution in [0.5, 0.6) is 5.75 Å². The molecule has 0 radical (unpaired) electrons. The Morgan fingerprint density at radius 3 is 2.25 bits per heavy atom. The van der Waals surface area contributed by atoms with Crippen molar-refractivity contribution in [2.75, 3.05) is 0 Å². The number of alkyl halides is 6. The quantitative estimate of drug-likeness (QED) is 0.468. The lowest BCUT2D eigenvalue weighted by molar-refractivity contribution is -0.276. The number of ether oxygens (including phenoxy) is 1. The fraction of sp³-hybridized carbons (Fsp3) is 0.375. The molecule has 1 heterocycles.